The second-order valence-electron chi connectivity index (χ2n) is 4.97. The Kier molecular flexibility index (Phi) is 6.08. The van der Waals surface area contributed by atoms with Gasteiger partial charge in [-0.25, -0.2) is 4.79 Å². The maximum absolute atomic E-state index is 12.3. The summed E-state index contributed by atoms with van der Waals surface area (Å²) in [5.41, 5.74) is 0.418. The summed E-state index contributed by atoms with van der Waals surface area (Å²) in [4.78, 5) is 35.8. The number of amides is 1. The lowest BCUT2D eigenvalue weighted by Gasteiger charge is -2.20. The van der Waals surface area contributed by atoms with Crippen molar-refractivity contribution in [2.24, 2.45) is 0 Å². The highest BCUT2D eigenvalue weighted by molar-refractivity contribution is 6.33. The van der Waals surface area contributed by atoms with Gasteiger partial charge in [0.15, 0.2) is 6.61 Å². The Labute approximate surface area is 148 Å². The third-order valence-electron chi connectivity index (χ3n) is 3.40. The number of non-ortho nitro benzene ring substituents is 1. The van der Waals surface area contributed by atoms with E-state index in [0.717, 1.165) is 12.1 Å². The molecule has 2 rings (SSSR count). The molecule has 0 saturated heterocycles. The number of benzene rings is 2. The Morgan fingerprint density at radius 3 is 2.44 bits per heavy atom. The molecule has 0 N–H and O–H groups in total. The summed E-state index contributed by atoms with van der Waals surface area (Å²) in [6.45, 7) is 1.76. The zero-order valence-electron chi connectivity index (χ0n) is 13.3. The third-order valence-corrected chi connectivity index (χ3v) is 3.71. The number of hydrogen-bond acceptors (Lipinski definition) is 5. The summed E-state index contributed by atoms with van der Waals surface area (Å²) >= 11 is 5.87. The van der Waals surface area contributed by atoms with Crippen molar-refractivity contribution in [1.82, 2.24) is 0 Å². The molecule has 25 heavy (non-hydrogen) atoms. The molecule has 0 heterocycles. The minimum absolute atomic E-state index is 0.0390. The Morgan fingerprint density at radius 2 is 1.88 bits per heavy atom. The second kappa shape index (κ2) is 8.25. The lowest BCUT2D eigenvalue weighted by molar-refractivity contribution is -0.384. The van der Waals surface area contributed by atoms with Crippen LogP contribution in [0.4, 0.5) is 11.4 Å². The van der Waals surface area contributed by atoms with Gasteiger partial charge in [-0.2, -0.15) is 0 Å². The summed E-state index contributed by atoms with van der Waals surface area (Å²) < 4.78 is 4.99. The largest absolute Gasteiger partial charge is 0.452 e. The minimum Gasteiger partial charge on any atom is -0.452 e. The van der Waals surface area contributed by atoms with E-state index in [1.807, 2.05) is 6.07 Å². The highest BCUT2D eigenvalue weighted by Gasteiger charge is 2.19. The number of hydrogen-bond donors (Lipinski definition) is 0. The fourth-order valence-electron chi connectivity index (χ4n) is 2.18. The molecule has 0 aliphatic rings. The zero-order chi connectivity index (χ0) is 18.4. The van der Waals surface area contributed by atoms with Crippen LogP contribution in [0.1, 0.15) is 17.3 Å². The SMILES string of the molecule is CCN(C(=O)COC(=O)c1ccc([N+](=O)[O-])cc1Cl)c1ccccc1. The maximum Gasteiger partial charge on any atom is 0.340 e. The van der Waals surface area contributed by atoms with E-state index < -0.39 is 17.5 Å². The van der Waals surface area contributed by atoms with Crippen LogP contribution in [0.3, 0.4) is 0 Å². The summed E-state index contributed by atoms with van der Waals surface area (Å²) in [5.74, 6) is -1.21. The Hall–Kier alpha value is -2.93. The highest BCUT2D eigenvalue weighted by Crippen LogP contribution is 2.23. The molecule has 1 amide bonds. The van der Waals surface area contributed by atoms with Gasteiger partial charge in [0.1, 0.15) is 0 Å². The lowest BCUT2D eigenvalue weighted by atomic mass is 10.2. The predicted octanol–water partition coefficient (Wildman–Crippen LogP) is 3.46. The Balaban J connectivity index is 2.04. The molecule has 130 valence electrons. The molecule has 0 aromatic heterocycles. The van der Waals surface area contributed by atoms with E-state index in [2.05, 4.69) is 0 Å². The van der Waals surface area contributed by atoms with Crippen molar-refractivity contribution in [2.45, 2.75) is 6.92 Å². The van der Waals surface area contributed by atoms with Crippen LogP contribution >= 0.6 is 11.6 Å². The van der Waals surface area contributed by atoms with Gasteiger partial charge in [-0.1, -0.05) is 29.8 Å². The van der Waals surface area contributed by atoms with Gasteiger partial charge in [0.05, 0.1) is 15.5 Å². The molecule has 0 saturated carbocycles. The molecule has 0 fully saturated rings. The van der Waals surface area contributed by atoms with E-state index in [9.17, 15) is 19.7 Å². The maximum atomic E-state index is 12.3. The monoisotopic (exact) mass is 362 g/mol. The number of carbonyl (C=O) groups is 2. The van der Waals surface area contributed by atoms with Gasteiger partial charge >= 0.3 is 5.97 Å². The van der Waals surface area contributed by atoms with E-state index in [0.29, 0.717) is 12.2 Å². The molecular weight excluding hydrogens is 348 g/mol. The second-order valence-corrected chi connectivity index (χ2v) is 5.38. The first-order valence-electron chi connectivity index (χ1n) is 7.40. The summed E-state index contributed by atoms with van der Waals surface area (Å²) in [6, 6.07) is 12.4. The molecule has 0 aliphatic heterocycles. The third kappa shape index (κ3) is 4.54. The van der Waals surface area contributed by atoms with E-state index >= 15 is 0 Å². The average Bonchev–Trinajstić information content (AvgIpc) is 2.61. The van der Waals surface area contributed by atoms with Gasteiger partial charge in [-0.05, 0) is 25.1 Å². The topological polar surface area (TPSA) is 89.8 Å². The first kappa shape index (κ1) is 18.4. The number of nitro groups is 1. The Bertz CT molecular complexity index is 795. The molecule has 0 spiro atoms. The smallest absolute Gasteiger partial charge is 0.340 e. The van der Waals surface area contributed by atoms with Crippen molar-refractivity contribution in [3.05, 3.63) is 69.2 Å². The predicted molar refractivity (Wildman–Crippen MR) is 92.9 cm³/mol. The minimum atomic E-state index is -0.822. The molecule has 0 atom stereocenters. The number of rotatable bonds is 6. The van der Waals surface area contributed by atoms with Gasteiger partial charge in [-0.3, -0.25) is 14.9 Å². The number of ether oxygens (including phenoxy) is 1. The van der Waals surface area contributed by atoms with Crippen LogP contribution < -0.4 is 4.90 Å². The molecule has 7 nitrogen and oxygen atoms in total. The quantitative estimate of drug-likeness (QED) is 0.446. The van der Waals surface area contributed by atoms with Crippen LogP contribution in [0, 0.1) is 10.1 Å². The van der Waals surface area contributed by atoms with E-state index in [-0.39, 0.29) is 22.2 Å². The van der Waals surface area contributed by atoms with Crippen LogP contribution in [0.5, 0.6) is 0 Å². The van der Waals surface area contributed by atoms with Crippen LogP contribution in [0.15, 0.2) is 48.5 Å². The van der Waals surface area contributed by atoms with E-state index in [4.69, 9.17) is 16.3 Å². The average molecular weight is 363 g/mol. The lowest BCUT2D eigenvalue weighted by Crippen LogP contribution is -2.34. The molecule has 2 aromatic carbocycles. The number of halogens is 1. The number of likely N-dealkylation sites (N-methyl/N-ethyl adjacent to an activating group) is 1. The molecule has 0 aliphatic carbocycles. The van der Waals surface area contributed by atoms with Crippen molar-refractivity contribution < 1.29 is 19.2 Å². The molecular formula is C17H15ClN2O5. The summed E-state index contributed by atoms with van der Waals surface area (Å²) in [5, 5.41) is 10.6. The van der Waals surface area contributed by atoms with Crippen LogP contribution in [0.2, 0.25) is 5.02 Å². The first-order chi connectivity index (χ1) is 11.9. The van der Waals surface area contributed by atoms with Crippen LogP contribution in [-0.2, 0) is 9.53 Å². The highest BCUT2D eigenvalue weighted by atomic mass is 35.5. The van der Waals surface area contributed by atoms with E-state index in [1.165, 1.54) is 11.0 Å². The van der Waals surface area contributed by atoms with Gasteiger partial charge in [-0.15, -0.1) is 0 Å². The number of carbonyl (C=O) groups excluding carboxylic acids is 2. The van der Waals surface area contributed by atoms with Gasteiger partial charge < -0.3 is 9.64 Å². The normalized spacial score (nSPS) is 10.2. The molecule has 0 unspecified atom stereocenters. The fraction of sp³-hybridized carbons (Fsp3) is 0.176. The van der Waals surface area contributed by atoms with E-state index in [1.54, 1.807) is 31.2 Å². The zero-order valence-corrected chi connectivity index (χ0v) is 14.1. The summed E-state index contributed by atoms with van der Waals surface area (Å²) in [7, 11) is 0. The van der Waals surface area contributed by atoms with Gasteiger partial charge in [0.2, 0.25) is 0 Å². The van der Waals surface area contributed by atoms with Crippen molar-refractivity contribution in [3.63, 3.8) is 0 Å². The molecule has 0 bridgehead atoms. The first-order valence-corrected chi connectivity index (χ1v) is 7.78. The number of nitro benzene ring substituents is 1. The number of esters is 1. The molecule has 2 aromatic rings. The fourth-order valence-corrected chi connectivity index (χ4v) is 2.43. The van der Waals surface area contributed by atoms with Crippen molar-refractivity contribution in [3.8, 4) is 0 Å². The van der Waals surface area contributed by atoms with Crippen LogP contribution in [0.25, 0.3) is 0 Å². The number of para-hydroxylation sites is 1. The van der Waals surface area contributed by atoms with Crippen molar-refractivity contribution in [1.29, 1.82) is 0 Å². The van der Waals surface area contributed by atoms with Gasteiger partial charge in [0, 0.05) is 24.4 Å². The number of nitrogens with zero attached hydrogens (tertiary/aromatic N) is 2. The number of anilines is 1. The summed E-state index contributed by atoms with van der Waals surface area (Å²) in [6.07, 6.45) is 0. The standard InChI is InChI=1S/C17H15ClN2O5/c1-2-19(12-6-4-3-5-7-12)16(21)11-25-17(22)14-9-8-13(20(23)24)10-15(14)18/h3-10H,2,11H2,1H3. The van der Waals surface area contributed by atoms with Crippen molar-refractivity contribution in [2.75, 3.05) is 18.1 Å². The van der Waals surface area contributed by atoms with Crippen LogP contribution in [-0.4, -0.2) is 30.0 Å². The van der Waals surface area contributed by atoms with Gasteiger partial charge in [0.25, 0.3) is 11.6 Å². The Morgan fingerprint density at radius 1 is 1.20 bits per heavy atom. The van der Waals surface area contributed by atoms with Crippen molar-refractivity contribution >= 4 is 34.9 Å². The molecule has 8 heteroatoms. The molecule has 0 radical (unpaired) electrons.